The summed E-state index contributed by atoms with van der Waals surface area (Å²) in [5, 5.41) is 0.733. The number of ether oxygens (including phenoxy) is 3. The molecule has 0 fully saturated rings. The molecule has 0 amide bonds. The quantitative estimate of drug-likeness (QED) is 0.441. The zero-order chi connectivity index (χ0) is 22.0. The first-order valence-electron chi connectivity index (χ1n) is 9.77. The normalized spacial score (nSPS) is 14.2. The number of rotatable bonds is 7. The van der Waals surface area contributed by atoms with Crippen LogP contribution < -0.4 is 9.47 Å². The van der Waals surface area contributed by atoms with Crippen LogP contribution in [0.4, 0.5) is 0 Å². The summed E-state index contributed by atoms with van der Waals surface area (Å²) in [4.78, 5) is 27.9. The van der Waals surface area contributed by atoms with E-state index in [1.165, 1.54) is 25.1 Å². The van der Waals surface area contributed by atoms with Crippen molar-refractivity contribution in [3.63, 3.8) is 0 Å². The molecule has 1 N–H and O–H groups in total. The summed E-state index contributed by atoms with van der Waals surface area (Å²) in [6.07, 6.45) is 0.162. The van der Waals surface area contributed by atoms with Gasteiger partial charge in [-0.3, -0.25) is 9.59 Å². The Bertz CT molecular complexity index is 1250. The number of carbonyl (C=O) groups is 2. The van der Waals surface area contributed by atoms with E-state index in [9.17, 15) is 18.0 Å². The van der Waals surface area contributed by atoms with Gasteiger partial charge in [0.1, 0.15) is 13.2 Å². The highest BCUT2D eigenvalue weighted by Crippen LogP contribution is 2.32. The Morgan fingerprint density at radius 3 is 2.65 bits per heavy atom. The standard InChI is InChI=1S/C22H21NO7S/c1-14(22(25)17-13-23-18-5-3-2-4-16(17)18)30-21(24)8-11-31(26,27)15-6-7-19-20(12-15)29-10-9-28-19/h2-7,12-14,23H,8-11H2,1H3. The highest BCUT2D eigenvalue weighted by Gasteiger charge is 2.25. The minimum atomic E-state index is -3.74. The number of ketones is 1. The Balaban J connectivity index is 1.37. The number of para-hydroxylation sites is 1. The molecule has 1 atom stereocenters. The van der Waals surface area contributed by atoms with Crippen molar-refractivity contribution < 1.29 is 32.2 Å². The number of nitrogens with one attached hydrogen (secondary N) is 1. The van der Waals surface area contributed by atoms with Crippen molar-refractivity contribution in [2.75, 3.05) is 19.0 Å². The molecule has 1 aromatic heterocycles. The zero-order valence-electron chi connectivity index (χ0n) is 16.8. The van der Waals surface area contributed by atoms with Gasteiger partial charge in [-0.25, -0.2) is 8.42 Å². The number of hydrogen-bond acceptors (Lipinski definition) is 7. The average molecular weight is 443 g/mol. The second-order valence-corrected chi connectivity index (χ2v) is 9.23. The lowest BCUT2D eigenvalue weighted by Gasteiger charge is -2.18. The molecule has 9 heteroatoms. The molecule has 31 heavy (non-hydrogen) atoms. The summed E-state index contributed by atoms with van der Waals surface area (Å²) in [7, 11) is -3.74. The maximum absolute atomic E-state index is 12.7. The van der Waals surface area contributed by atoms with E-state index in [0.717, 1.165) is 10.9 Å². The SMILES string of the molecule is CC(OC(=O)CCS(=O)(=O)c1ccc2c(c1)OCCO2)C(=O)c1c[nH]c2ccccc12. The van der Waals surface area contributed by atoms with Gasteiger partial charge in [0.2, 0.25) is 5.78 Å². The van der Waals surface area contributed by atoms with Crippen molar-refractivity contribution in [2.24, 2.45) is 0 Å². The lowest BCUT2D eigenvalue weighted by atomic mass is 10.1. The van der Waals surface area contributed by atoms with E-state index >= 15 is 0 Å². The zero-order valence-corrected chi connectivity index (χ0v) is 17.6. The second-order valence-electron chi connectivity index (χ2n) is 7.12. The molecule has 2 heterocycles. The number of sulfone groups is 1. The highest BCUT2D eigenvalue weighted by atomic mass is 32.2. The van der Waals surface area contributed by atoms with E-state index < -0.39 is 27.7 Å². The topological polar surface area (TPSA) is 112 Å². The molecule has 1 aliphatic heterocycles. The van der Waals surface area contributed by atoms with Gasteiger partial charge >= 0.3 is 5.97 Å². The van der Waals surface area contributed by atoms with Gasteiger partial charge in [-0.1, -0.05) is 18.2 Å². The summed E-state index contributed by atoms with van der Waals surface area (Å²) in [5.74, 6) is -0.733. The molecule has 0 radical (unpaired) electrons. The summed E-state index contributed by atoms with van der Waals surface area (Å²) in [5.41, 5.74) is 1.22. The van der Waals surface area contributed by atoms with Crippen molar-refractivity contribution in [1.29, 1.82) is 0 Å². The number of H-pyrrole nitrogens is 1. The first-order chi connectivity index (χ1) is 14.8. The summed E-state index contributed by atoms with van der Waals surface area (Å²) >= 11 is 0. The molecule has 3 aromatic rings. The van der Waals surface area contributed by atoms with E-state index in [1.807, 2.05) is 18.2 Å². The van der Waals surface area contributed by atoms with E-state index in [4.69, 9.17) is 14.2 Å². The maximum atomic E-state index is 12.7. The monoisotopic (exact) mass is 443 g/mol. The number of fused-ring (bicyclic) bond motifs is 2. The van der Waals surface area contributed by atoms with Crippen LogP contribution >= 0.6 is 0 Å². The average Bonchev–Trinajstić information content (AvgIpc) is 3.21. The summed E-state index contributed by atoms with van der Waals surface area (Å²) in [6, 6.07) is 11.6. The molecule has 0 spiro atoms. The minimum absolute atomic E-state index is 0.0347. The van der Waals surface area contributed by atoms with Crippen LogP contribution in [0.3, 0.4) is 0 Å². The number of benzene rings is 2. The van der Waals surface area contributed by atoms with Crippen molar-refractivity contribution in [1.82, 2.24) is 4.98 Å². The Hall–Kier alpha value is -3.33. The van der Waals surface area contributed by atoms with Gasteiger partial charge < -0.3 is 19.2 Å². The van der Waals surface area contributed by atoms with Crippen LogP contribution in [0.2, 0.25) is 0 Å². The highest BCUT2D eigenvalue weighted by molar-refractivity contribution is 7.91. The van der Waals surface area contributed by atoms with Gasteiger partial charge in [0.25, 0.3) is 0 Å². The van der Waals surface area contributed by atoms with Crippen molar-refractivity contribution in [3.05, 3.63) is 54.2 Å². The van der Waals surface area contributed by atoms with Gasteiger partial charge in [0.15, 0.2) is 27.4 Å². The van der Waals surface area contributed by atoms with Crippen LogP contribution in [0.1, 0.15) is 23.7 Å². The van der Waals surface area contributed by atoms with Crippen LogP contribution in [-0.4, -0.2) is 50.2 Å². The first kappa shape index (κ1) is 20.9. The number of aromatic nitrogens is 1. The fourth-order valence-electron chi connectivity index (χ4n) is 3.36. The Labute approximate surface area is 179 Å². The smallest absolute Gasteiger partial charge is 0.307 e. The molecule has 2 aromatic carbocycles. The minimum Gasteiger partial charge on any atom is -0.486 e. The van der Waals surface area contributed by atoms with Crippen molar-refractivity contribution in [3.8, 4) is 11.5 Å². The number of hydrogen-bond donors (Lipinski definition) is 1. The fourth-order valence-corrected chi connectivity index (χ4v) is 4.59. The van der Waals surface area contributed by atoms with Gasteiger partial charge in [-0.2, -0.15) is 0 Å². The van der Waals surface area contributed by atoms with Gasteiger partial charge in [0.05, 0.1) is 17.1 Å². The Morgan fingerprint density at radius 1 is 1.10 bits per heavy atom. The Kier molecular flexibility index (Phi) is 5.69. The fraction of sp³-hybridized carbons (Fsp3) is 0.273. The molecule has 0 saturated carbocycles. The molecular formula is C22H21NO7S. The predicted octanol–water partition coefficient (Wildman–Crippen LogP) is 2.92. The lowest BCUT2D eigenvalue weighted by Crippen LogP contribution is -2.25. The molecule has 8 nitrogen and oxygen atoms in total. The third kappa shape index (κ3) is 4.41. The number of aromatic amines is 1. The number of carbonyl (C=O) groups excluding carboxylic acids is 2. The van der Waals surface area contributed by atoms with E-state index in [0.29, 0.717) is 30.3 Å². The van der Waals surface area contributed by atoms with Crippen molar-refractivity contribution >= 4 is 32.5 Å². The maximum Gasteiger partial charge on any atom is 0.307 e. The third-order valence-electron chi connectivity index (χ3n) is 4.98. The van der Waals surface area contributed by atoms with Crippen molar-refractivity contribution in [2.45, 2.75) is 24.3 Å². The Morgan fingerprint density at radius 2 is 1.84 bits per heavy atom. The van der Waals surface area contributed by atoms with E-state index in [2.05, 4.69) is 4.98 Å². The number of Topliss-reactive ketones (excluding diaryl/α,β-unsaturated/α-hetero) is 1. The van der Waals surface area contributed by atoms with Gasteiger partial charge in [-0.05, 0) is 25.1 Å². The van der Waals surface area contributed by atoms with E-state index in [-0.39, 0.29) is 17.1 Å². The predicted molar refractivity (Wildman–Crippen MR) is 112 cm³/mol. The molecule has 1 aliphatic rings. The summed E-state index contributed by atoms with van der Waals surface area (Å²) in [6.45, 7) is 2.21. The molecule has 0 saturated heterocycles. The molecule has 0 aliphatic carbocycles. The van der Waals surface area contributed by atoms with Gasteiger partial charge in [-0.15, -0.1) is 0 Å². The molecule has 1 unspecified atom stereocenters. The van der Waals surface area contributed by atoms with Gasteiger partial charge in [0, 0.05) is 28.7 Å². The number of esters is 1. The molecule has 0 bridgehead atoms. The largest absolute Gasteiger partial charge is 0.486 e. The van der Waals surface area contributed by atoms with Crippen LogP contribution in [-0.2, 0) is 19.4 Å². The van der Waals surface area contributed by atoms with Crippen LogP contribution in [0.25, 0.3) is 10.9 Å². The van der Waals surface area contributed by atoms with Crippen LogP contribution in [0, 0.1) is 0 Å². The van der Waals surface area contributed by atoms with E-state index in [1.54, 1.807) is 12.3 Å². The second kappa shape index (κ2) is 8.43. The molecular weight excluding hydrogens is 422 g/mol. The lowest BCUT2D eigenvalue weighted by molar-refractivity contribution is -0.145. The molecule has 4 rings (SSSR count). The third-order valence-corrected chi connectivity index (χ3v) is 6.69. The first-order valence-corrected chi connectivity index (χ1v) is 11.4. The summed E-state index contributed by atoms with van der Waals surface area (Å²) < 4.78 is 41.2. The van der Waals surface area contributed by atoms with Crippen LogP contribution in [0.5, 0.6) is 11.5 Å². The molecule has 162 valence electrons. The van der Waals surface area contributed by atoms with Crippen LogP contribution in [0.15, 0.2) is 53.6 Å².